The predicted molar refractivity (Wildman–Crippen MR) is 58.8 cm³/mol. The van der Waals surface area contributed by atoms with Gasteiger partial charge in [0.2, 0.25) is 5.91 Å². The van der Waals surface area contributed by atoms with Crippen LogP contribution in [0.5, 0.6) is 0 Å². The van der Waals surface area contributed by atoms with Gasteiger partial charge < -0.3 is 9.64 Å². The minimum Gasteiger partial charge on any atom is -0.469 e. The van der Waals surface area contributed by atoms with Crippen molar-refractivity contribution in [2.24, 2.45) is 5.92 Å². The number of hydrogen-bond acceptors (Lipinski definition) is 3. The van der Waals surface area contributed by atoms with Gasteiger partial charge in [-0.3, -0.25) is 9.59 Å². The molecule has 1 aliphatic rings. The molecule has 0 spiro atoms. The predicted octanol–water partition coefficient (Wildman–Crippen LogP) is 1.49. The number of nitrogens with zero attached hydrogens (tertiary/aromatic N) is 1. The van der Waals surface area contributed by atoms with Gasteiger partial charge >= 0.3 is 5.97 Å². The molecule has 18 heavy (non-hydrogen) atoms. The van der Waals surface area contributed by atoms with Gasteiger partial charge in [-0.2, -0.15) is 0 Å². The van der Waals surface area contributed by atoms with Crippen molar-refractivity contribution in [2.75, 3.05) is 18.6 Å². The summed E-state index contributed by atoms with van der Waals surface area (Å²) in [7, 11) is 1.24. The van der Waals surface area contributed by atoms with Crippen molar-refractivity contribution in [1.82, 2.24) is 0 Å². The number of rotatable bonds is 2. The van der Waals surface area contributed by atoms with Gasteiger partial charge in [0.1, 0.15) is 0 Å². The van der Waals surface area contributed by atoms with E-state index >= 15 is 0 Å². The summed E-state index contributed by atoms with van der Waals surface area (Å²) >= 11 is 0. The van der Waals surface area contributed by atoms with E-state index in [9.17, 15) is 18.4 Å². The van der Waals surface area contributed by atoms with Gasteiger partial charge in [-0.15, -0.1) is 0 Å². The zero-order valence-corrected chi connectivity index (χ0v) is 9.65. The Labute approximate surface area is 102 Å². The molecule has 0 saturated carbocycles. The summed E-state index contributed by atoms with van der Waals surface area (Å²) in [5.41, 5.74) is 0.241. The molecule has 1 aromatic rings. The third-order valence-corrected chi connectivity index (χ3v) is 2.87. The minimum absolute atomic E-state index is 0.0195. The second-order valence-corrected chi connectivity index (χ2v) is 4.03. The third-order valence-electron chi connectivity index (χ3n) is 2.87. The van der Waals surface area contributed by atoms with E-state index in [0.717, 1.165) is 12.1 Å². The lowest BCUT2D eigenvalue weighted by Gasteiger charge is -2.16. The van der Waals surface area contributed by atoms with Crippen LogP contribution in [0.1, 0.15) is 6.42 Å². The largest absolute Gasteiger partial charge is 0.469 e. The first-order valence-electron chi connectivity index (χ1n) is 5.36. The number of benzene rings is 1. The molecule has 0 N–H and O–H groups in total. The van der Waals surface area contributed by atoms with Crippen LogP contribution in [0.4, 0.5) is 14.5 Å². The topological polar surface area (TPSA) is 46.6 Å². The number of esters is 1. The van der Waals surface area contributed by atoms with Crippen molar-refractivity contribution in [3.8, 4) is 0 Å². The van der Waals surface area contributed by atoms with Crippen molar-refractivity contribution in [3.63, 3.8) is 0 Å². The summed E-state index contributed by atoms with van der Waals surface area (Å²) in [5, 5.41) is 0. The SMILES string of the molecule is COC(=O)[C@@H]1CC(=O)N(c2ccc(F)c(F)c2)C1. The van der Waals surface area contributed by atoms with Crippen LogP contribution in [-0.4, -0.2) is 25.5 Å². The molecule has 1 atom stereocenters. The number of methoxy groups -OCH3 is 1. The van der Waals surface area contributed by atoms with E-state index < -0.39 is 23.5 Å². The molecule has 96 valence electrons. The lowest BCUT2D eigenvalue weighted by molar-refractivity contribution is -0.145. The highest BCUT2D eigenvalue weighted by atomic mass is 19.2. The molecule has 0 unspecified atom stereocenters. The first-order valence-corrected chi connectivity index (χ1v) is 5.36. The van der Waals surface area contributed by atoms with Gasteiger partial charge in [0.05, 0.1) is 13.0 Å². The summed E-state index contributed by atoms with van der Waals surface area (Å²) in [6, 6.07) is 3.19. The maximum atomic E-state index is 13.1. The van der Waals surface area contributed by atoms with Crippen molar-refractivity contribution in [3.05, 3.63) is 29.8 Å². The van der Waals surface area contributed by atoms with Crippen molar-refractivity contribution in [1.29, 1.82) is 0 Å². The average Bonchev–Trinajstić information content (AvgIpc) is 2.74. The number of ether oxygens (including phenoxy) is 1. The number of hydrogen-bond donors (Lipinski definition) is 0. The van der Waals surface area contributed by atoms with Crippen LogP contribution >= 0.6 is 0 Å². The highest BCUT2D eigenvalue weighted by molar-refractivity contribution is 5.99. The normalized spacial score (nSPS) is 19.2. The summed E-state index contributed by atoms with van der Waals surface area (Å²) in [5.74, 6) is -3.35. The minimum atomic E-state index is -1.03. The smallest absolute Gasteiger partial charge is 0.311 e. The van der Waals surface area contributed by atoms with E-state index in [4.69, 9.17) is 0 Å². The molecule has 1 amide bonds. The fourth-order valence-electron chi connectivity index (χ4n) is 1.93. The molecular weight excluding hydrogens is 244 g/mol. The van der Waals surface area contributed by atoms with Crippen molar-refractivity contribution in [2.45, 2.75) is 6.42 Å². The zero-order chi connectivity index (χ0) is 13.3. The number of amides is 1. The molecule has 1 aromatic carbocycles. The van der Waals surface area contributed by atoms with E-state index in [1.54, 1.807) is 0 Å². The Morgan fingerprint density at radius 2 is 2.11 bits per heavy atom. The monoisotopic (exact) mass is 255 g/mol. The second-order valence-electron chi connectivity index (χ2n) is 4.03. The molecular formula is C12H11F2NO3. The van der Waals surface area contributed by atoms with E-state index in [0.29, 0.717) is 0 Å². The summed E-state index contributed by atoms with van der Waals surface area (Å²) < 4.78 is 30.4. The molecule has 2 rings (SSSR count). The fraction of sp³-hybridized carbons (Fsp3) is 0.333. The molecule has 4 nitrogen and oxygen atoms in total. The van der Waals surface area contributed by atoms with E-state index in [-0.39, 0.29) is 24.6 Å². The summed E-state index contributed by atoms with van der Waals surface area (Å²) in [6.45, 7) is 0.122. The average molecular weight is 255 g/mol. The Hall–Kier alpha value is -1.98. The van der Waals surface area contributed by atoms with Gasteiger partial charge in [0, 0.05) is 24.7 Å². The fourth-order valence-corrected chi connectivity index (χ4v) is 1.93. The lowest BCUT2D eigenvalue weighted by Crippen LogP contribution is -2.26. The molecule has 1 fully saturated rings. The Morgan fingerprint density at radius 3 is 2.72 bits per heavy atom. The van der Waals surface area contributed by atoms with Crippen molar-refractivity contribution >= 4 is 17.6 Å². The molecule has 0 aliphatic carbocycles. The quantitative estimate of drug-likeness (QED) is 0.752. The third kappa shape index (κ3) is 2.18. The van der Waals surface area contributed by atoms with Gasteiger partial charge in [-0.1, -0.05) is 0 Å². The van der Waals surface area contributed by atoms with Gasteiger partial charge in [0.15, 0.2) is 11.6 Å². The van der Waals surface area contributed by atoms with Crippen molar-refractivity contribution < 1.29 is 23.1 Å². The van der Waals surface area contributed by atoms with Crippen LogP contribution in [0.2, 0.25) is 0 Å². The number of anilines is 1. The Kier molecular flexibility index (Phi) is 3.27. The van der Waals surface area contributed by atoms with Gasteiger partial charge in [-0.25, -0.2) is 8.78 Å². The Morgan fingerprint density at radius 1 is 1.39 bits per heavy atom. The highest BCUT2D eigenvalue weighted by Gasteiger charge is 2.35. The standard InChI is InChI=1S/C12H11F2NO3/c1-18-12(17)7-4-11(16)15(6-7)8-2-3-9(13)10(14)5-8/h2-3,5,7H,4,6H2,1H3/t7-/m1/s1. The molecule has 1 aliphatic heterocycles. The number of carbonyl (C=O) groups is 2. The summed E-state index contributed by atoms with van der Waals surface area (Å²) in [4.78, 5) is 24.3. The van der Waals surface area contributed by atoms with Crippen LogP contribution in [0.25, 0.3) is 0 Å². The van der Waals surface area contributed by atoms with E-state index in [2.05, 4.69) is 4.74 Å². The first-order chi connectivity index (χ1) is 8.52. The van der Waals surface area contributed by atoms with Crippen LogP contribution in [0, 0.1) is 17.6 Å². The Bertz CT molecular complexity index is 504. The van der Waals surface area contributed by atoms with Crippen LogP contribution in [-0.2, 0) is 14.3 Å². The number of carbonyl (C=O) groups excluding carboxylic acids is 2. The molecule has 0 radical (unpaired) electrons. The zero-order valence-electron chi connectivity index (χ0n) is 9.65. The summed E-state index contributed by atoms with van der Waals surface area (Å²) in [6.07, 6.45) is 0.0195. The molecule has 6 heteroatoms. The molecule has 0 bridgehead atoms. The van der Waals surface area contributed by atoms with E-state index in [1.807, 2.05) is 0 Å². The maximum Gasteiger partial charge on any atom is 0.311 e. The Balaban J connectivity index is 2.21. The van der Waals surface area contributed by atoms with E-state index in [1.165, 1.54) is 18.1 Å². The molecule has 0 aromatic heterocycles. The lowest BCUT2D eigenvalue weighted by atomic mass is 10.1. The maximum absolute atomic E-state index is 13.1. The van der Waals surface area contributed by atoms with Crippen LogP contribution < -0.4 is 4.90 Å². The van der Waals surface area contributed by atoms with Gasteiger partial charge in [0.25, 0.3) is 0 Å². The highest BCUT2D eigenvalue weighted by Crippen LogP contribution is 2.26. The molecule has 1 saturated heterocycles. The second kappa shape index (κ2) is 4.72. The van der Waals surface area contributed by atoms with Crippen LogP contribution in [0.3, 0.4) is 0 Å². The first kappa shape index (κ1) is 12.5. The van der Waals surface area contributed by atoms with Crippen LogP contribution in [0.15, 0.2) is 18.2 Å². The van der Waals surface area contributed by atoms with Gasteiger partial charge in [-0.05, 0) is 12.1 Å². The molecule has 1 heterocycles. The number of halogens is 2.